The number of hydrogen-bond donors (Lipinski definition) is 2. The molecule has 0 saturated carbocycles. The van der Waals surface area contributed by atoms with Crippen LogP contribution in [-0.4, -0.2) is 12.2 Å². The van der Waals surface area contributed by atoms with Gasteiger partial charge in [0.1, 0.15) is 0 Å². The molecule has 0 amide bonds. The van der Waals surface area contributed by atoms with Crippen LogP contribution in [0.25, 0.3) is 0 Å². The Kier molecular flexibility index (Phi) is 4.63. The summed E-state index contributed by atoms with van der Waals surface area (Å²) in [6.45, 7) is 2.31. The van der Waals surface area contributed by atoms with Crippen LogP contribution in [0, 0.1) is 6.92 Å². The van der Waals surface area contributed by atoms with Crippen molar-refractivity contribution in [3.63, 3.8) is 0 Å². The Hall–Kier alpha value is -1.58. The lowest BCUT2D eigenvalue weighted by atomic mass is 10.1. The summed E-state index contributed by atoms with van der Waals surface area (Å²) in [5.41, 5.74) is 2.37. The number of anilines is 1. The molecule has 0 saturated heterocycles. The highest BCUT2D eigenvalue weighted by atomic mass is 35.5. The highest BCUT2D eigenvalue weighted by Gasteiger charge is 2.09. The van der Waals surface area contributed by atoms with Crippen molar-refractivity contribution in [2.24, 2.45) is 0 Å². The van der Waals surface area contributed by atoms with Crippen molar-refractivity contribution in [1.82, 2.24) is 0 Å². The molecule has 0 heterocycles. The molecule has 0 aliphatic rings. The van der Waals surface area contributed by atoms with Gasteiger partial charge in [0.25, 0.3) is 0 Å². The standard InChI is InChI=1S/C15H15Cl2NO2/c1-9-6-12(17)13(7-11(9)16)18-8-10-4-3-5-14(20-2)15(10)19/h3-7,18-19H,8H2,1-2H3. The van der Waals surface area contributed by atoms with Crippen molar-refractivity contribution in [3.05, 3.63) is 51.5 Å². The number of phenolic OH excluding ortho intramolecular Hbond substituents is 1. The molecule has 0 spiro atoms. The zero-order valence-corrected chi connectivity index (χ0v) is 12.7. The van der Waals surface area contributed by atoms with Crippen molar-refractivity contribution in [2.45, 2.75) is 13.5 Å². The molecule has 2 rings (SSSR count). The lowest BCUT2D eigenvalue weighted by Crippen LogP contribution is -2.01. The van der Waals surface area contributed by atoms with Gasteiger partial charge < -0.3 is 15.2 Å². The summed E-state index contributed by atoms with van der Waals surface area (Å²) in [6.07, 6.45) is 0. The normalized spacial score (nSPS) is 10.4. The van der Waals surface area contributed by atoms with Crippen LogP contribution in [0.4, 0.5) is 5.69 Å². The van der Waals surface area contributed by atoms with Gasteiger partial charge in [-0.05, 0) is 30.7 Å². The molecular weight excluding hydrogens is 297 g/mol. The molecule has 0 aromatic heterocycles. The third-order valence-corrected chi connectivity index (χ3v) is 3.74. The van der Waals surface area contributed by atoms with E-state index in [-0.39, 0.29) is 5.75 Å². The van der Waals surface area contributed by atoms with Crippen LogP contribution in [0.15, 0.2) is 30.3 Å². The van der Waals surface area contributed by atoms with E-state index >= 15 is 0 Å². The van der Waals surface area contributed by atoms with Crippen LogP contribution in [0.1, 0.15) is 11.1 Å². The average Bonchev–Trinajstić information content (AvgIpc) is 2.43. The van der Waals surface area contributed by atoms with E-state index in [9.17, 15) is 5.11 Å². The summed E-state index contributed by atoms with van der Waals surface area (Å²) in [5, 5.41) is 14.4. The average molecular weight is 312 g/mol. The van der Waals surface area contributed by atoms with Crippen molar-refractivity contribution in [1.29, 1.82) is 0 Å². The van der Waals surface area contributed by atoms with Gasteiger partial charge >= 0.3 is 0 Å². The first-order chi connectivity index (χ1) is 9.52. The van der Waals surface area contributed by atoms with Gasteiger partial charge in [-0.1, -0.05) is 35.3 Å². The number of aryl methyl sites for hydroxylation is 1. The van der Waals surface area contributed by atoms with E-state index in [0.717, 1.165) is 16.8 Å². The summed E-state index contributed by atoms with van der Waals surface area (Å²) in [6, 6.07) is 8.91. The fourth-order valence-corrected chi connectivity index (χ4v) is 2.30. The second kappa shape index (κ2) is 6.25. The summed E-state index contributed by atoms with van der Waals surface area (Å²) in [5.74, 6) is 0.564. The number of halogens is 2. The Morgan fingerprint density at radius 1 is 1.20 bits per heavy atom. The molecule has 20 heavy (non-hydrogen) atoms. The molecule has 0 bridgehead atoms. The number of benzene rings is 2. The minimum atomic E-state index is 0.122. The number of phenols is 1. The number of rotatable bonds is 4. The fourth-order valence-electron chi connectivity index (χ4n) is 1.85. The minimum absolute atomic E-state index is 0.122. The monoisotopic (exact) mass is 311 g/mol. The molecule has 106 valence electrons. The number of aromatic hydroxyl groups is 1. The molecule has 2 aromatic rings. The maximum absolute atomic E-state index is 10.0. The van der Waals surface area contributed by atoms with E-state index < -0.39 is 0 Å². The van der Waals surface area contributed by atoms with Gasteiger partial charge in [-0.3, -0.25) is 0 Å². The van der Waals surface area contributed by atoms with E-state index in [1.54, 1.807) is 18.2 Å². The quantitative estimate of drug-likeness (QED) is 0.865. The van der Waals surface area contributed by atoms with Crippen LogP contribution in [0.2, 0.25) is 10.0 Å². The summed E-state index contributed by atoms with van der Waals surface area (Å²) in [4.78, 5) is 0. The Balaban J connectivity index is 2.19. The first-order valence-electron chi connectivity index (χ1n) is 6.07. The highest BCUT2D eigenvalue weighted by Crippen LogP contribution is 2.32. The van der Waals surface area contributed by atoms with Crippen molar-refractivity contribution >= 4 is 28.9 Å². The van der Waals surface area contributed by atoms with E-state index in [1.165, 1.54) is 7.11 Å². The van der Waals surface area contributed by atoms with Gasteiger partial charge in [-0.15, -0.1) is 0 Å². The number of methoxy groups -OCH3 is 1. The topological polar surface area (TPSA) is 41.5 Å². The number of nitrogens with one attached hydrogen (secondary N) is 1. The molecule has 5 heteroatoms. The van der Waals surface area contributed by atoms with Gasteiger partial charge in [0.05, 0.1) is 17.8 Å². The number of para-hydroxylation sites is 1. The molecule has 3 nitrogen and oxygen atoms in total. The van der Waals surface area contributed by atoms with E-state index in [1.807, 2.05) is 19.1 Å². The molecule has 0 aliphatic carbocycles. The second-order valence-corrected chi connectivity index (χ2v) is 5.22. The predicted octanol–water partition coefficient (Wildman–Crippen LogP) is 4.63. The van der Waals surface area contributed by atoms with Crippen molar-refractivity contribution < 1.29 is 9.84 Å². The minimum Gasteiger partial charge on any atom is -0.504 e. The summed E-state index contributed by atoms with van der Waals surface area (Å²) < 4.78 is 5.07. The van der Waals surface area contributed by atoms with Gasteiger partial charge in [0, 0.05) is 17.1 Å². The fraction of sp³-hybridized carbons (Fsp3) is 0.200. The predicted molar refractivity (Wildman–Crippen MR) is 83.2 cm³/mol. The molecule has 2 aromatic carbocycles. The van der Waals surface area contributed by atoms with E-state index in [0.29, 0.717) is 22.3 Å². The van der Waals surface area contributed by atoms with Crippen LogP contribution < -0.4 is 10.1 Å². The number of hydrogen-bond acceptors (Lipinski definition) is 3. The van der Waals surface area contributed by atoms with Crippen LogP contribution >= 0.6 is 23.2 Å². The van der Waals surface area contributed by atoms with Crippen LogP contribution in [0.5, 0.6) is 11.5 Å². The molecule has 0 fully saturated rings. The lowest BCUT2D eigenvalue weighted by Gasteiger charge is -2.12. The molecule has 0 aliphatic heterocycles. The first-order valence-corrected chi connectivity index (χ1v) is 6.83. The Labute approximate surface area is 128 Å². The Morgan fingerprint density at radius 3 is 2.65 bits per heavy atom. The van der Waals surface area contributed by atoms with Gasteiger partial charge in [-0.2, -0.15) is 0 Å². The van der Waals surface area contributed by atoms with Gasteiger partial charge in [0.15, 0.2) is 11.5 Å². The highest BCUT2D eigenvalue weighted by molar-refractivity contribution is 6.35. The largest absolute Gasteiger partial charge is 0.504 e. The summed E-state index contributed by atoms with van der Waals surface area (Å²) >= 11 is 12.2. The number of ether oxygens (including phenoxy) is 1. The zero-order chi connectivity index (χ0) is 14.7. The van der Waals surface area contributed by atoms with E-state index in [4.69, 9.17) is 27.9 Å². The molecular formula is C15H15Cl2NO2. The van der Waals surface area contributed by atoms with Gasteiger partial charge in [0.2, 0.25) is 0 Å². The molecule has 2 N–H and O–H groups in total. The van der Waals surface area contributed by atoms with E-state index in [2.05, 4.69) is 5.32 Å². The summed E-state index contributed by atoms with van der Waals surface area (Å²) in [7, 11) is 1.52. The molecule has 0 unspecified atom stereocenters. The Bertz CT molecular complexity index is 630. The first kappa shape index (κ1) is 14.8. The second-order valence-electron chi connectivity index (χ2n) is 4.40. The maximum atomic E-state index is 10.0. The van der Waals surface area contributed by atoms with Crippen LogP contribution in [-0.2, 0) is 6.54 Å². The van der Waals surface area contributed by atoms with Crippen molar-refractivity contribution in [3.8, 4) is 11.5 Å². The third-order valence-electron chi connectivity index (χ3n) is 3.02. The van der Waals surface area contributed by atoms with Crippen LogP contribution in [0.3, 0.4) is 0 Å². The Morgan fingerprint density at radius 2 is 1.95 bits per heavy atom. The smallest absolute Gasteiger partial charge is 0.162 e. The lowest BCUT2D eigenvalue weighted by molar-refractivity contribution is 0.371. The third kappa shape index (κ3) is 3.11. The van der Waals surface area contributed by atoms with Gasteiger partial charge in [-0.25, -0.2) is 0 Å². The zero-order valence-electron chi connectivity index (χ0n) is 11.2. The van der Waals surface area contributed by atoms with Crippen molar-refractivity contribution in [2.75, 3.05) is 12.4 Å². The molecule has 0 atom stereocenters. The SMILES string of the molecule is COc1cccc(CNc2cc(Cl)c(C)cc2Cl)c1O. The molecule has 0 radical (unpaired) electrons. The maximum Gasteiger partial charge on any atom is 0.162 e.